The third-order valence-electron chi connectivity index (χ3n) is 2.57. The van der Waals surface area contributed by atoms with Crippen molar-refractivity contribution in [2.45, 2.75) is 12.3 Å². The minimum atomic E-state index is -4.20. The topological polar surface area (TPSA) is 49.8 Å². The lowest BCUT2D eigenvalue weighted by atomic mass is 10.3. The molecule has 0 aromatic heterocycles. The van der Waals surface area contributed by atoms with Gasteiger partial charge in [-0.05, 0) is 12.1 Å². The average Bonchev–Trinajstić information content (AvgIpc) is 2.42. The van der Waals surface area contributed by atoms with Crippen LogP contribution in [0.15, 0.2) is 30.3 Å². The van der Waals surface area contributed by atoms with E-state index < -0.39 is 24.9 Å². The average molecular weight is 309 g/mol. The van der Waals surface area contributed by atoms with Crippen molar-refractivity contribution in [3.05, 3.63) is 30.3 Å². The first-order valence-corrected chi connectivity index (χ1v) is 6.08. The summed E-state index contributed by atoms with van der Waals surface area (Å²) in [6.07, 6.45) is -3.79. The first-order chi connectivity index (χ1) is 9.83. The van der Waals surface area contributed by atoms with Gasteiger partial charge in [-0.25, -0.2) is 8.78 Å². The maximum absolute atomic E-state index is 12.6. The summed E-state index contributed by atoms with van der Waals surface area (Å²) < 4.78 is 53.6. The fourth-order valence-electron chi connectivity index (χ4n) is 1.55. The van der Waals surface area contributed by atoms with Gasteiger partial charge in [0.15, 0.2) is 0 Å². The van der Waals surface area contributed by atoms with Crippen molar-refractivity contribution in [1.82, 2.24) is 0 Å². The minimum Gasteiger partial charge on any atom is -0.480 e. The number of carbonyl (C=O) groups is 1. The number of nitrogens with zero attached hydrogens (tertiary/aromatic N) is 1. The number of alkyl halides is 4. The number of carboxylic acids is 1. The molecule has 0 aliphatic carbocycles. The Morgan fingerprint density at radius 2 is 1.90 bits per heavy atom. The van der Waals surface area contributed by atoms with Gasteiger partial charge in [-0.3, -0.25) is 4.79 Å². The minimum absolute atomic E-state index is 0.00433. The standard InChI is InChI=1S/C13H15F4NO3/c14-12(15)13(16,17)9-21-7-6-18(8-11(19)20)10-4-2-1-3-5-10/h1-5,12H,6-9H2,(H,19,20). The van der Waals surface area contributed by atoms with Gasteiger partial charge in [0.05, 0.1) is 6.61 Å². The number of rotatable bonds is 9. The Balaban J connectivity index is 2.50. The van der Waals surface area contributed by atoms with Crippen molar-refractivity contribution in [3.8, 4) is 0 Å². The van der Waals surface area contributed by atoms with Gasteiger partial charge in [0.2, 0.25) is 0 Å². The molecule has 0 spiro atoms. The molecule has 0 atom stereocenters. The second-order valence-electron chi connectivity index (χ2n) is 4.27. The summed E-state index contributed by atoms with van der Waals surface area (Å²) in [5.41, 5.74) is 0.573. The molecule has 0 heterocycles. The van der Waals surface area contributed by atoms with Crippen LogP contribution in [0.25, 0.3) is 0 Å². The molecule has 1 rings (SSSR count). The van der Waals surface area contributed by atoms with Crippen LogP contribution in [0.4, 0.5) is 23.2 Å². The summed E-state index contributed by atoms with van der Waals surface area (Å²) >= 11 is 0. The van der Waals surface area contributed by atoms with Crippen molar-refractivity contribution in [1.29, 1.82) is 0 Å². The highest BCUT2D eigenvalue weighted by atomic mass is 19.3. The summed E-state index contributed by atoms with van der Waals surface area (Å²) in [7, 11) is 0. The van der Waals surface area contributed by atoms with Crippen molar-refractivity contribution in [3.63, 3.8) is 0 Å². The first kappa shape index (κ1) is 17.2. The van der Waals surface area contributed by atoms with E-state index in [0.717, 1.165) is 0 Å². The lowest BCUT2D eigenvalue weighted by Gasteiger charge is -2.23. The van der Waals surface area contributed by atoms with Crippen LogP contribution in [0.5, 0.6) is 0 Å². The third-order valence-corrected chi connectivity index (χ3v) is 2.57. The van der Waals surface area contributed by atoms with E-state index in [1.54, 1.807) is 30.3 Å². The molecule has 1 aromatic rings. The molecule has 0 amide bonds. The molecular weight excluding hydrogens is 294 g/mol. The van der Waals surface area contributed by atoms with Crippen LogP contribution in [0.2, 0.25) is 0 Å². The number of benzene rings is 1. The van der Waals surface area contributed by atoms with Crippen molar-refractivity contribution in [2.75, 3.05) is 31.2 Å². The van der Waals surface area contributed by atoms with E-state index in [0.29, 0.717) is 5.69 Å². The van der Waals surface area contributed by atoms with Gasteiger partial charge in [-0.2, -0.15) is 8.78 Å². The number of ether oxygens (including phenoxy) is 1. The second kappa shape index (κ2) is 7.82. The monoisotopic (exact) mass is 309 g/mol. The Hall–Kier alpha value is -1.83. The number of para-hydroxylation sites is 1. The fraction of sp³-hybridized carbons (Fsp3) is 0.462. The molecule has 4 nitrogen and oxygen atoms in total. The van der Waals surface area contributed by atoms with Crippen LogP contribution >= 0.6 is 0 Å². The quantitative estimate of drug-likeness (QED) is 0.562. The van der Waals surface area contributed by atoms with Crippen LogP contribution in [-0.4, -0.2) is 49.7 Å². The largest absolute Gasteiger partial charge is 0.480 e. The molecule has 0 bridgehead atoms. The number of anilines is 1. The molecule has 0 saturated heterocycles. The lowest BCUT2D eigenvalue weighted by Crippen LogP contribution is -2.36. The van der Waals surface area contributed by atoms with Gasteiger partial charge < -0.3 is 14.7 Å². The fourth-order valence-corrected chi connectivity index (χ4v) is 1.55. The van der Waals surface area contributed by atoms with Crippen LogP contribution in [0, 0.1) is 0 Å². The highest BCUT2D eigenvalue weighted by Crippen LogP contribution is 2.22. The molecule has 118 valence electrons. The second-order valence-corrected chi connectivity index (χ2v) is 4.27. The van der Waals surface area contributed by atoms with Crippen molar-refractivity contribution >= 4 is 11.7 Å². The molecule has 1 N–H and O–H groups in total. The van der Waals surface area contributed by atoms with Gasteiger partial charge in [0.1, 0.15) is 13.2 Å². The third kappa shape index (κ3) is 5.99. The summed E-state index contributed by atoms with van der Waals surface area (Å²) in [4.78, 5) is 12.2. The van der Waals surface area contributed by atoms with Crippen LogP contribution < -0.4 is 4.90 Å². The molecular formula is C13H15F4NO3. The summed E-state index contributed by atoms with van der Waals surface area (Å²) in [6.45, 7) is -2.04. The predicted molar refractivity (Wildman–Crippen MR) is 68.1 cm³/mol. The molecule has 0 radical (unpaired) electrons. The Bertz CT molecular complexity index is 442. The lowest BCUT2D eigenvalue weighted by molar-refractivity contribution is -0.165. The van der Waals surface area contributed by atoms with Gasteiger partial charge >= 0.3 is 18.3 Å². The maximum atomic E-state index is 12.6. The van der Waals surface area contributed by atoms with E-state index >= 15 is 0 Å². The zero-order chi connectivity index (χ0) is 15.9. The first-order valence-electron chi connectivity index (χ1n) is 6.08. The number of aliphatic carboxylic acids is 1. The molecule has 0 unspecified atom stereocenters. The summed E-state index contributed by atoms with van der Waals surface area (Å²) in [5.74, 6) is -5.30. The summed E-state index contributed by atoms with van der Waals surface area (Å²) in [5, 5.41) is 8.80. The van der Waals surface area contributed by atoms with E-state index in [9.17, 15) is 22.4 Å². The zero-order valence-electron chi connectivity index (χ0n) is 11.0. The SMILES string of the molecule is O=C(O)CN(CCOCC(F)(F)C(F)F)c1ccccc1. The maximum Gasteiger partial charge on any atom is 0.330 e. The molecule has 21 heavy (non-hydrogen) atoms. The molecule has 0 fully saturated rings. The van der Waals surface area contributed by atoms with E-state index in [1.165, 1.54) is 4.90 Å². The van der Waals surface area contributed by atoms with E-state index in [1.807, 2.05) is 0 Å². The van der Waals surface area contributed by atoms with Gasteiger partial charge in [0.25, 0.3) is 0 Å². The molecule has 0 aliphatic heterocycles. The van der Waals surface area contributed by atoms with Crippen LogP contribution in [-0.2, 0) is 9.53 Å². The molecule has 8 heteroatoms. The molecule has 1 aromatic carbocycles. The summed E-state index contributed by atoms with van der Waals surface area (Å²) in [6, 6.07) is 8.42. The van der Waals surface area contributed by atoms with Crippen LogP contribution in [0.1, 0.15) is 0 Å². The number of halogens is 4. The highest BCUT2D eigenvalue weighted by molar-refractivity contribution is 5.73. The molecule has 0 aliphatic rings. The normalized spacial score (nSPS) is 11.7. The van der Waals surface area contributed by atoms with Crippen molar-refractivity contribution < 1.29 is 32.2 Å². The molecule has 0 saturated carbocycles. The number of hydrogen-bond acceptors (Lipinski definition) is 3. The zero-order valence-corrected chi connectivity index (χ0v) is 11.0. The Morgan fingerprint density at radius 3 is 2.43 bits per heavy atom. The number of hydrogen-bond donors (Lipinski definition) is 1. The van der Waals surface area contributed by atoms with Crippen molar-refractivity contribution in [2.24, 2.45) is 0 Å². The smallest absolute Gasteiger partial charge is 0.330 e. The van der Waals surface area contributed by atoms with E-state index in [2.05, 4.69) is 4.74 Å². The van der Waals surface area contributed by atoms with Gasteiger partial charge in [0, 0.05) is 12.2 Å². The Morgan fingerprint density at radius 1 is 1.29 bits per heavy atom. The van der Waals surface area contributed by atoms with E-state index in [4.69, 9.17) is 5.11 Å². The number of carboxylic acid groups (broad SMARTS) is 1. The highest BCUT2D eigenvalue weighted by Gasteiger charge is 2.40. The van der Waals surface area contributed by atoms with E-state index in [-0.39, 0.29) is 19.7 Å². The Kier molecular flexibility index (Phi) is 6.41. The Labute approximate surface area is 118 Å². The van der Waals surface area contributed by atoms with Gasteiger partial charge in [-0.15, -0.1) is 0 Å². The van der Waals surface area contributed by atoms with Crippen LogP contribution in [0.3, 0.4) is 0 Å². The predicted octanol–water partition coefficient (Wildman–Crippen LogP) is 2.49. The van der Waals surface area contributed by atoms with Gasteiger partial charge in [-0.1, -0.05) is 18.2 Å².